The van der Waals surface area contributed by atoms with E-state index in [-0.39, 0.29) is 5.91 Å². The summed E-state index contributed by atoms with van der Waals surface area (Å²) in [7, 11) is 3.47. The predicted octanol–water partition coefficient (Wildman–Crippen LogP) is 2.92. The molecule has 1 heterocycles. The number of hydrogen-bond donors (Lipinski definition) is 2. The monoisotopic (exact) mass is 370 g/mol. The molecule has 1 aromatic carbocycles. The van der Waals surface area contributed by atoms with Crippen LogP contribution in [0.25, 0.3) is 0 Å². The number of piperidine rings is 1. The van der Waals surface area contributed by atoms with Crippen LogP contribution < -0.4 is 10.6 Å². The molecule has 1 aliphatic heterocycles. The summed E-state index contributed by atoms with van der Waals surface area (Å²) in [6.07, 6.45) is 2.60. The van der Waals surface area contributed by atoms with Crippen molar-refractivity contribution < 1.29 is 4.79 Å². The van der Waals surface area contributed by atoms with E-state index in [1.54, 1.807) is 20.2 Å². The number of halogens is 2. The Kier molecular flexibility index (Phi) is 7.18. The van der Waals surface area contributed by atoms with Crippen LogP contribution in [0.15, 0.2) is 23.2 Å². The highest BCUT2D eigenvalue weighted by atomic mass is 35.5. The molecule has 0 radical (unpaired) electrons. The Hall–Kier alpha value is -1.46. The largest absolute Gasteiger partial charge is 0.359 e. The third kappa shape index (κ3) is 5.28. The Bertz CT molecular complexity index is 598. The second-order valence-corrected chi connectivity index (χ2v) is 6.79. The molecular weight excluding hydrogens is 347 g/mol. The van der Waals surface area contributed by atoms with Gasteiger partial charge in [-0.3, -0.25) is 9.79 Å². The summed E-state index contributed by atoms with van der Waals surface area (Å²) < 4.78 is 0. The molecule has 2 N–H and O–H groups in total. The first-order valence-electron chi connectivity index (χ1n) is 8.13. The summed E-state index contributed by atoms with van der Waals surface area (Å²) in [5.74, 6) is 1.43. The fourth-order valence-electron chi connectivity index (χ4n) is 2.88. The number of nitrogens with one attached hydrogen (secondary N) is 2. The summed E-state index contributed by atoms with van der Waals surface area (Å²) >= 11 is 12.1. The van der Waals surface area contributed by atoms with Crippen LogP contribution in [0.4, 0.5) is 0 Å². The molecular formula is C17H24Cl2N4O. The third-order valence-electron chi connectivity index (χ3n) is 4.33. The molecule has 1 amide bonds. The molecule has 0 atom stereocenters. The fraction of sp³-hybridized carbons (Fsp3) is 0.529. The predicted molar refractivity (Wildman–Crippen MR) is 99.6 cm³/mol. The number of carbonyl (C=O) groups excluding carboxylic acids is 1. The standard InChI is InChI=1S/C17H24Cl2N4O/c1-20-16(24)9-12-5-7-23(8-6-12)17(21-2)22-11-13-3-4-14(18)10-15(13)19/h3-4,10,12H,5-9,11H2,1-2H3,(H,20,24)(H,21,22). The van der Waals surface area contributed by atoms with Crippen LogP contribution in [-0.4, -0.2) is 44.0 Å². The maximum atomic E-state index is 11.5. The SMILES string of the molecule is CN=C(NCc1ccc(Cl)cc1Cl)N1CCC(CC(=O)NC)CC1. The van der Waals surface area contributed by atoms with E-state index in [9.17, 15) is 4.79 Å². The lowest BCUT2D eigenvalue weighted by atomic mass is 9.93. The maximum Gasteiger partial charge on any atom is 0.220 e. The number of nitrogens with zero attached hydrogens (tertiary/aromatic N) is 2. The van der Waals surface area contributed by atoms with E-state index in [1.165, 1.54) is 0 Å². The molecule has 0 spiro atoms. The number of likely N-dealkylation sites (tertiary alicyclic amines) is 1. The van der Waals surface area contributed by atoms with Crippen molar-refractivity contribution >= 4 is 35.1 Å². The number of rotatable bonds is 4. The second kappa shape index (κ2) is 9.14. The summed E-state index contributed by atoms with van der Waals surface area (Å²) in [6.45, 7) is 2.40. The van der Waals surface area contributed by atoms with Gasteiger partial charge < -0.3 is 15.5 Å². The Balaban J connectivity index is 1.85. The zero-order valence-electron chi connectivity index (χ0n) is 14.1. The molecule has 0 aliphatic carbocycles. The Labute approximate surface area is 153 Å². The van der Waals surface area contributed by atoms with Crippen LogP contribution >= 0.6 is 23.2 Å². The van der Waals surface area contributed by atoms with E-state index in [0.29, 0.717) is 28.9 Å². The third-order valence-corrected chi connectivity index (χ3v) is 4.92. The van der Waals surface area contributed by atoms with E-state index in [4.69, 9.17) is 23.2 Å². The van der Waals surface area contributed by atoms with Crippen molar-refractivity contribution in [2.75, 3.05) is 27.2 Å². The van der Waals surface area contributed by atoms with Crippen LogP contribution in [0.5, 0.6) is 0 Å². The topological polar surface area (TPSA) is 56.7 Å². The van der Waals surface area contributed by atoms with Crippen LogP contribution in [0.1, 0.15) is 24.8 Å². The van der Waals surface area contributed by atoms with E-state index in [1.807, 2.05) is 12.1 Å². The lowest BCUT2D eigenvalue weighted by Gasteiger charge is -2.34. The molecule has 0 bridgehead atoms. The Morgan fingerprint density at radius 1 is 1.33 bits per heavy atom. The molecule has 2 rings (SSSR count). The first kappa shape index (κ1) is 18.9. The molecule has 5 nitrogen and oxygen atoms in total. The van der Waals surface area contributed by atoms with Crippen molar-refractivity contribution in [1.82, 2.24) is 15.5 Å². The molecule has 132 valence electrons. The Morgan fingerprint density at radius 2 is 2.04 bits per heavy atom. The van der Waals surface area contributed by atoms with E-state index >= 15 is 0 Å². The highest BCUT2D eigenvalue weighted by Crippen LogP contribution is 2.22. The molecule has 1 saturated heterocycles. The minimum atomic E-state index is 0.119. The van der Waals surface area contributed by atoms with Gasteiger partial charge in [-0.1, -0.05) is 29.3 Å². The van der Waals surface area contributed by atoms with Gasteiger partial charge >= 0.3 is 0 Å². The quantitative estimate of drug-likeness (QED) is 0.632. The number of hydrogen-bond acceptors (Lipinski definition) is 2. The molecule has 1 fully saturated rings. The van der Waals surface area contributed by atoms with Gasteiger partial charge in [0.05, 0.1) is 0 Å². The summed E-state index contributed by atoms with van der Waals surface area (Å²) in [4.78, 5) is 18.1. The normalized spacial score (nSPS) is 16.2. The minimum Gasteiger partial charge on any atom is -0.359 e. The number of aliphatic imine (C=N–C) groups is 1. The van der Waals surface area contributed by atoms with Crippen LogP contribution in [-0.2, 0) is 11.3 Å². The first-order valence-corrected chi connectivity index (χ1v) is 8.89. The van der Waals surface area contributed by atoms with Crippen molar-refractivity contribution in [3.05, 3.63) is 33.8 Å². The Morgan fingerprint density at radius 3 is 2.62 bits per heavy atom. The lowest BCUT2D eigenvalue weighted by Crippen LogP contribution is -2.45. The molecule has 7 heteroatoms. The highest BCUT2D eigenvalue weighted by molar-refractivity contribution is 6.35. The van der Waals surface area contributed by atoms with Gasteiger partial charge in [-0.05, 0) is 36.5 Å². The number of amides is 1. The van der Waals surface area contributed by atoms with Crippen molar-refractivity contribution in [1.29, 1.82) is 0 Å². The average molecular weight is 371 g/mol. The summed E-state index contributed by atoms with van der Waals surface area (Å²) in [6, 6.07) is 5.49. The summed E-state index contributed by atoms with van der Waals surface area (Å²) in [5.41, 5.74) is 0.983. The molecule has 0 unspecified atom stereocenters. The smallest absolute Gasteiger partial charge is 0.220 e. The highest BCUT2D eigenvalue weighted by Gasteiger charge is 2.23. The number of carbonyl (C=O) groups is 1. The van der Waals surface area contributed by atoms with E-state index in [0.717, 1.165) is 37.5 Å². The van der Waals surface area contributed by atoms with Gasteiger partial charge in [0.2, 0.25) is 5.91 Å². The van der Waals surface area contributed by atoms with Crippen molar-refractivity contribution in [3.8, 4) is 0 Å². The van der Waals surface area contributed by atoms with Crippen LogP contribution in [0, 0.1) is 5.92 Å². The molecule has 0 saturated carbocycles. The van der Waals surface area contributed by atoms with E-state index in [2.05, 4.69) is 20.5 Å². The maximum absolute atomic E-state index is 11.5. The van der Waals surface area contributed by atoms with Gasteiger partial charge in [0.15, 0.2) is 5.96 Å². The van der Waals surface area contributed by atoms with Gasteiger partial charge in [0.25, 0.3) is 0 Å². The lowest BCUT2D eigenvalue weighted by molar-refractivity contribution is -0.121. The van der Waals surface area contributed by atoms with Crippen molar-refractivity contribution in [2.45, 2.75) is 25.8 Å². The van der Waals surface area contributed by atoms with Crippen molar-refractivity contribution in [3.63, 3.8) is 0 Å². The number of benzene rings is 1. The zero-order chi connectivity index (χ0) is 17.5. The van der Waals surface area contributed by atoms with Gasteiger partial charge in [-0.25, -0.2) is 0 Å². The second-order valence-electron chi connectivity index (χ2n) is 5.94. The zero-order valence-corrected chi connectivity index (χ0v) is 15.6. The summed E-state index contributed by atoms with van der Waals surface area (Å²) in [5, 5.41) is 7.32. The van der Waals surface area contributed by atoms with Gasteiger partial charge in [-0.2, -0.15) is 0 Å². The number of guanidine groups is 1. The molecule has 0 aromatic heterocycles. The minimum absolute atomic E-state index is 0.119. The van der Waals surface area contributed by atoms with Crippen LogP contribution in [0.2, 0.25) is 10.0 Å². The van der Waals surface area contributed by atoms with Crippen molar-refractivity contribution in [2.24, 2.45) is 10.9 Å². The van der Waals surface area contributed by atoms with Gasteiger partial charge in [0, 0.05) is 50.2 Å². The van der Waals surface area contributed by atoms with Gasteiger partial charge in [-0.15, -0.1) is 0 Å². The van der Waals surface area contributed by atoms with Gasteiger partial charge in [0.1, 0.15) is 0 Å². The van der Waals surface area contributed by atoms with Crippen LogP contribution in [0.3, 0.4) is 0 Å². The fourth-order valence-corrected chi connectivity index (χ4v) is 3.36. The molecule has 24 heavy (non-hydrogen) atoms. The first-order chi connectivity index (χ1) is 11.5. The van der Waals surface area contributed by atoms with E-state index < -0.39 is 0 Å². The molecule has 1 aliphatic rings. The average Bonchev–Trinajstić information content (AvgIpc) is 2.58. The molecule has 1 aromatic rings.